The van der Waals surface area contributed by atoms with Crippen molar-refractivity contribution in [1.29, 1.82) is 0 Å². The van der Waals surface area contributed by atoms with E-state index in [1.165, 1.54) is 4.31 Å². The molecule has 2 aromatic rings. The summed E-state index contributed by atoms with van der Waals surface area (Å²) in [6, 6.07) is 8.96. The van der Waals surface area contributed by atoms with Crippen molar-refractivity contribution in [3.05, 3.63) is 52.4 Å². The van der Waals surface area contributed by atoms with Crippen LogP contribution >= 0.6 is 0 Å². The summed E-state index contributed by atoms with van der Waals surface area (Å²) >= 11 is 0. The highest BCUT2D eigenvalue weighted by molar-refractivity contribution is 7.88. The summed E-state index contributed by atoms with van der Waals surface area (Å²) in [4.78, 5) is 26.6. The number of aromatic nitrogens is 1. The molecule has 0 bridgehead atoms. The highest BCUT2D eigenvalue weighted by Gasteiger charge is 2.58. The van der Waals surface area contributed by atoms with Crippen LogP contribution < -0.4 is 15.6 Å². The monoisotopic (exact) mass is 487 g/mol. The number of sulfonamides is 1. The molecule has 4 atom stereocenters. The van der Waals surface area contributed by atoms with Crippen LogP contribution in [0.4, 0.5) is 0 Å². The zero-order chi connectivity index (χ0) is 24.2. The van der Waals surface area contributed by atoms with Crippen molar-refractivity contribution in [3.8, 4) is 16.9 Å². The van der Waals surface area contributed by atoms with Gasteiger partial charge in [0.2, 0.25) is 15.9 Å². The number of aliphatic hydroxyl groups is 1. The predicted octanol–water partition coefficient (Wildman–Crippen LogP) is 0.973. The quantitative estimate of drug-likeness (QED) is 0.601. The first-order valence-electron chi connectivity index (χ1n) is 11.5. The summed E-state index contributed by atoms with van der Waals surface area (Å²) in [5.74, 6) is -0.385. The fraction of sp³-hybridized carbons (Fsp3) is 0.500. The molecular formula is C24H29N3O6S. The zero-order valence-electron chi connectivity index (χ0n) is 19.2. The molecule has 10 heteroatoms. The second-order valence-corrected chi connectivity index (χ2v) is 11.4. The molecule has 1 aromatic carbocycles. The Kier molecular flexibility index (Phi) is 5.78. The minimum Gasteiger partial charge on any atom is -0.496 e. The van der Waals surface area contributed by atoms with Gasteiger partial charge in [-0.25, -0.2) is 8.42 Å². The van der Waals surface area contributed by atoms with Crippen LogP contribution in [0.2, 0.25) is 0 Å². The first-order chi connectivity index (χ1) is 16.3. The average molecular weight is 488 g/mol. The minimum absolute atomic E-state index is 0.228. The van der Waals surface area contributed by atoms with Crippen molar-refractivity contribution in [2.24, 2.45) is 17.8 Å². The number of aliphatic hydroxyl groups excluding tert-OH is 1. The van der Waals surface area contributed by atoms with E-state index in [0.717, 1.165) is 19.1 Å². The van der Waals surface area contributed by atoms with Crippen LogP contribution in [0, 0.1) is 17.8 Å². The van der Waals surface area contributed by atoms with Crippen LogP contribution in [0.25, 0.3) is 11.1 Å². The van der Waals surface area contributed by atoms with Crippen LogP contribution in [0.5, 0.6) is 5.75 Å². The second-order valence-electron chi connectivity index (χ2n) is 9.47. The van der Waals surface area contributed by atoms with Gasteiger partial charge in [-0.3, -0.25) is 9.59 Å². The molecule has 0 radical (unpaired) electrons. The maximum Gasteiger partial charge on any atom is 0.258 e. The van der Waals surface area contributed by atoms with Gasteiger partial charge in [-0.05, 0) is 37.0 Å². The standard InChI is InChI=1S/C24H29N3O6S/c1-33-20-6-4-3-5-15(20)16-9-10-19-21-17(12-26(19)24(16)30)18(13-28)22(27(21)34(2,31)32)23(29)25-11-14-7-8-14/h3-6,9-10,14,17-18,21-22,28H,7-8,11-13H2,1-2H3,(H,25,29)/t17-,18-,21+,22-/m0/s1. The molecule has 34 heavy (non-hydrogen) atoms. The van der Waals surface area contributed by atoms with E-state index < -0.39 is 33.9 Å². The molecule has 9 nitrogen and oxygen atoms in total. The Hall–Kier alpha value is -2.69. The number of carbonyl (C=O) groups is 1. The molecule has 1 amide bonds. The van der Waals surface area contributed by atoms with Crippen molar-refractivity contribution in [1.82, 2.24) is 14.2 Å². The highest BCUT2D eigenvalue weighted by atomic mass is 32.2. The lowest BCUT2D eigenvalue weighted by atomic mass is 9.88. The molecule has 2 fully saturated rings. The fourth-order valence-corrected chi connectivity index (χ4v) is 6.90. The summed E-state index contributed by atoms with van der Waals surface area (Å²) in [7, 11) is -2.28. The van der Waals surface area contributed by atoms with Gasteiger partial charge in [0.05, 0.1) is 25.0 Å². The van der Waals surface area contributed by atoms with E-state index in [-0.39, 0.29) is 24.6 Å². The number of pyridine rings is 1. The van der Waals surface area contributed by atoms with E-state index in [4.69, 9.17) is 4.74 Å². The number of amides is 1. The summed E-state index contributed by atoms with van der Waals surface area (Å²) in [6.07, 6.45) is 3.19. The number of rotatable bonds is 7. The van der Waals surface area contributed by atoms with Crippen molar-refractivity contribution >= 4 is 15.9 Å². The average Bonchev–Trinajstić information content (AvgIpc) is 3.47. The first kappa shape index (κ1) is 23.1. The van der Waals surface area contributed by atoms with Crippen molar-refractivity contribution in [2.45, 2.75) is 31.5 Å². The normalized spacial score (nSPS) is 26.2. The van der Waals surface area contributed by atoms with E-state index in [9.17, 15) is 23.1 Å². The molecule has 3 heterocycles. The van der Waals surface area contributed by atoms with Gasteiger partial charge in [-0.15, -0.1) is 0 Å². The molecule has 1 aliphatic carbocycles. The Morgan fingerprint density at radius 2 is 1.91 bits per heavy atom. The Balaban J connectivity index is 1.57. The summed E-state index contributed by atoms with van der Waals surface area (Å²) < 4.78 is 34.1. The van der Waals surface area contributed by atoms with Gasteiger partial charge in [0.25, 0.3) is 5.56 Å². The van der Waals surface area contributed by atoms with Gasteiger partial charge in [-0.2, -0.15) is 4.31 Å². The Morgan fingerprint density at radius 1 is 1.18 bits per heavy atom. The van der Waals surface area contributed by atoms with E-state index in [2.05, 4.69) is 5.32 Å². The summed E-state index contributed by atoms with van der Waals surface area (Å²) in [6.45, 7) is 0.390. The summed E-state index contributed by atoms with van der Waals surface area (Å²) in [5.41, 5.74) is 1.39. The van der Waals surface area contributed by atoms with Crippen LogP contribution in [-0.4, -0.2) is 60.9 Å². The Bertz CT molecular complexity index is 1290. The predicted molar refractivity (Wildman–Crippen MR) is 126 cm³/mol. The zero-order valence-corrected chi connectivity index (χ0v) is 20.0. The van der Waals surface area contributed by atoms with Gasteiger partial charge < -0.3 is 19.7 Å². The van der Waals surface area contributed by atoms with Crippen molar-refractivity contribution < 1.29 is 23.1 Å². The lowest BCUT2D eigenvalue weighted by molar-refractivity contribution is -0.126. The molecule has 2 aliphatic heterocycles. The lowest BCUT2D eigenvalue weighted by Crippen LogP contribution is -2.50. The molecule has 1 saturated heterocycles. The third-order valence-electron chi connectivity index (χ3n) is 7.34. The molecule has 1 saturated carbocycles. The number of hydrogen-bond donors (Lipinski definition) is 2. The largest absolute Gasteiger partial charge is 0.496 e. The molecule has 0 unspecified atom stereocenters. The number of hydrogen-bond acceptors (Lipinski definition) is 6. The number of ether oxygens (including phenoxy) is 1. The van der Waals surface area contributed by atoms with Gasteiger partial charge >= 0.3 is 0 Å². The third kappa shape index (κ3) is 3.73. The number of benzene rings is 1. The minimum atomic E-state index is -3.82. The third-order valence-corrected chi connectivity index (χ3v) is 8.56. The van der Waals surface area contributed by atoms with E-state index in [0.29, 0.717) is 35.0 Å². The van der Waals surface area contributed by atoms with Gasteiger partial charge in [-0.1, -0.05) is 18.2 Å². The number of nitrogens with one attached hydrogen (secondary N) is 1. The maximum absolute atomic E-state index is 13.5. The number of para-hydroxylation sites is 1. The van der Waals surface area contributed by atoms with E-state index in [1.807, 2.05) is 12.1 Å². The fourth-order valence-electron chi connectivity index (χ4n) is 5.56. The van der Waals surface area contributed by atoms with Crippen LogP contribution in [-0.2, 0) is 21.4 Å². The molecule has 3 aliphatic rings. The number of carbonyl (C=O) groups excluding carboxylic acids is 1. The maximum atomic E-state index is 13.5. The first-order valence-corrected chi connectivity index (χ1v) is 13.3. The topological polar surface area (TPSA) is 118 Å². The second kappa shape index (κ2) is 8.51. The van der Waals surface area contributed by atoms with Crippen LogP contribution in [0.3, 0.4) is 0 Å². The number of nitrogens with zero attached hydrogens (tertiary/aromatic N) is 2. The SMILES string of the molecule is COc1ccccc1-c1ccc2n(c1=O)C[C@H]1[C@H](CO)[C@@H](C(=O)NCC3CC3)N(S(C)(=O)=O)[C@@H]21. The highest BCUT2D eigenvalue weighted by Crippen LogP contribution is 2.50. The lowest BCUT2D eigenvalue weighted by Gasteiger charge is -2.28. The van der Waals surface area contributed by atoms with Crippen molar-refractivity contribution in [2.75, 3.05) is 26.5 Å². The Morgan fingerprint density at radius 3 is 2.56 bits per heavy atom. The molecule has 5 rings (SSSR count). The molecule has 2 N–H and O–H groups in total. The number of methoxy groups -OCH3 is 1. The summed E-state index contributed by atoms with van der Waals surface area (Å²) in [5, 5.41) is 13.1. The van der Waals surface area contributed by atoms with Crippen LogP contribution in [0.15, 0.2) is 41.2 Å². The van der Waals surface area contributed by atoms with Gasteiger partial charge in [0.1, 0.15) is 11.8 Å². The molecule has 1 aromatic heterocycles. The molecule has 0 spiro atoms. The van der Waals surface area contributed by atoms with Crippen LogP contribution in [0.1, 0.15) is 24.6 Å². The van der Waals surface area contributed by atoms with Gasteiger partial charge in [0.15, 0.2) is 0 Å². The van der Waals surface area contributed by atoms with E-state index >= 15 is 0 Å². The van der Waals surface area contributed by atoms with E-state index in [1.54, 1.807) is 35.9 Å². The molecule has 182 valence electrons. The van der Waals surface area contributed by atoms with Crippen molar-refractivity contribution in [3.63, 3.8) is 0 Å². The van der Waals surface area contributed by atoms with Gasteiger partial charge in [0, 0.05) is 42.8 Å². The Labute approximate surface area is 198 Å². The number of fused-ring (bicyclic) bond motifs is 3. The smallest absolute Gasteiger partial charge is 0.258 e. The molecular weight excluding hydrogens is 458 g/mol.